The van der Waals surface area contributed by atoms with Crippen molar-refractivity contribution in [3.05, 3.63) is 59.9 Å². The van der Waals surface area contributed by atoms with Crippen molar-refractivity contribution in [3.63, 3.8) is 0 Å². The molecule has 0 aliphatic rings. The molecule has 0 atom stereocenters. The summed E-state index contributed by atoms with van der Waals surface area (Å²) in [6, 6.07) is 14.4. The topological polar surface area (TPSA) is 68.7 Å². The number of alkyl halides is 1. The van der Waals surface area contributed by atoms with Crippen molar-refractivity contribution in [2.24, 2.45) is 0 Å². The van der Waals surface area contributed by atoms with Crippen LogP contribution in [0.15, 0.2) is 48.5 Å². The number of nitrogens with zero attached hydrogens (tertiary/aromatic N) is 1. The zero-order valence-electron chi connectivity index (χ0n) is 13.5. The normalized spacial score (nSPS) is 10.6. The second kappa shape index (κ2) is 7.40. The number of fused-ring (bicyclic) bond motifs is 1. The molecule has 1 aromatic heterocycles. The number of carbonyl (C=O) groups excluding carboxylic acids is 1. The Balaban J connectivity index is 2.07. The number of benzene rings is 2. The molecule has 0 aliphatic heterocycles. The summed E-state index contributed by atoms with van der Waals surface area (Å²) in [5, 5.41) is 11.5. The van der Waals surface area contributed by atoms with Gasteiger partial charge in [-0.2, -0.15) is 0 Å². The molecule has 3 rings (SSSR count). The van der Waals surface area contributed by atoms with Gasteiger partial charge >= 0.3 is 5.97 Å². The van der Waals surface area contributed by atoms with Gasteiger partial charge in [0.25, 0.3) is 0 Å². The van der Waals surface area contributed by atoms with Gasteiger partial charge in [-0.3, -0.25) is 0 Å². The Morgan fingerprint density at radius 3 is 2.56 bits per heavy atom. The number of para-hydroxylation sites is 1. The first kappa shape index (κ1) is 17.0. The van der Waals surface area contributed by atoms with Gasteiger partial charge in [0.15, 0.2) is 11.4 Å². The van der Waals surface area contributed by atoms with Gasteiger partial charge in [-0.05, 0) is 37.3 Å². The molecule has 0 fully saturated rings. The average Bonchev–Trinajstić information content (AvgIpc) is 2.63. The van der Waals surface area contributed by atoms with E-state index in [0.29, 0.717) is 28.0 Å². The molecule has 0 saturated heterocycles. The predicted molar refractivity (Wildman–Crippen MR) is 95.4 cm³/mol. The lowest BCUT2D eigenvalue weighted by Crippen LogP contribution is -2.09. The summed E-state index contributed by atoms with van der Waals surface area (Å²) >= 11 is 5.99. The summed E-state index contributed by atoms with van der Waals surface area (Å²) in [4.78, 5) is 16.1. The van der Waals surface area contributed by atoms with Crippen molar-refractivity contribution >= 4 is 28.3 Å². The zero-order valence-corrected chi connectivity index (χ0v) is 14.3. The number of hydrogen-bond acceptors (Lipinski definition) is 5. The van der Waals surface area contributed by atoms with E-state index >= 15 is 0 Å². The molecule has 6 heteroatoms. The molecule has 3 aromatic rings. The lowest BCUT2D eigenvalue weighted by Gasteiger charge is -2.12. The van der Waals surface area contributed by atoms with Crippen LogP contribution >= 0.6 is 11.6 Å². The van der Waals surface area contributed by atoms with Gasteiger partial charge in [-0.1, -0.05) is 18.2 Å². The minimum Gasteiger partial charge on any atom is -0.505 e. The molecule has 25 heavy (non-hydrogen) atoms. The Morgan fingerprint density at radius 1 is 1.12 bits per heavy atom. The van der Waals surface area contributed by atoms with Crippen molar-refractivity contribution in [1.29, 1.82) is 0 Å². The number of esters is 1. The lowest BCUT2D eigenvalue weighted by molar-refractivity contribution is 0.0516. The van der Waals surface area contributed by atoms with Crippen LogP contribution in [0.3, 0.4) is 0 Å². The number of hydrogen-bond donors (Lipinski definition) is 1. The fourth-order valence-electron chi connectivity index (χ4n) is 2.48. The number of rotatable bonds is 5. The summed E-state index contributed by atoms with van der Waals surface area (Å²) in [6.07, 6.45) is 0. The quantitative estimate of drug-likeness (QED) is 0.531. The minimum absolute atomic E-state index is 0.0813. The van der Waals surface area contributed by atoms with Gasteiger partial charge < -0.3 is 14.6 Å². The second-order valence-electron chi connectivity index (χ2n) is 5.23. The highest BCUT2D eigenvalue weighted by Crippen LogP contribution is 2.34. The Kier molecular flexibility index (Phi) is 5.05. The maximum Gasteiger partial charge on any atom is 0.360 e. The summed E-state index contributed by atoms with van der Waals surface area (Å²) < 4.78 is 10.7. The van der Waals surface area contributed by atoms with Crippen molar-refractivity contribution < 1.29 is 19.4 Å². The molecule has 0 unspecified atom stereocenters. The molecule has 0 radical (unpaired) electrons. The highest BCUT2D eigenvalue weighted by atomic mass is 35.5. The van der Waals surface area contributed by atoms with E-state index < -0.39 is 5.97 Å². The standard InChI is InChI=1S/C19H16ClNO4/c1-2-24-19(23)17-18(22)14-9-8-13(10-15(14)16(11-20)21-17)25-12-6-4-3-5-7-12/h3-10,22H,2,11H2,1H3. The van der Waals surface area contributed by atoms with Gasteiger partial charge in [0.1, 0.15) is 11.5 Å². The van der Waals surface area contributed by atoms with Gasteiger partial charge in [0, 0.05) is 10.8 Å². The molecule has 0 amide bonds. The molecular formula is C19H16ClNO4. The maximum atomic E-state index is 12.0. The summed E-state index contributed by atoms with van der Waals surface area (Å²) in [7, 11) is 0. The number of carbonyl (C=O) groups is 1. The first-order valence-corrected chi connectivity index (χ1v) is 8.29. The summed E-state index contributed by atoms with van der Waals surface area (Å²) in [5.74, 6) is 0.439. The molecule has 128 valence electrons. The van der Waals surface area contributed by atoms with Crippen LogP contribution in [-0.2, 0) is 10.6 Å². The van der Waals surface area contributed by atoms with Crippen LogP contribution < -0.4 is 4.74 Å². The first-order chi connectivity index (χ1) is 12.1. The molecule has 0 aliphatic carbocycles. The van der Waals surface area contributed by atoms with Crippen molar-refractivity contribution in [1.82, 2.24) is 4.98 Å². The fourth-order valence-corrected chi connectivity index (χ4v) is 2.68. The lowest BCUT2D eigenvalue weighted by atomic mass is 10.1. The number of aromatic hydroxyl groups is 1. The van der Waals surface area contributed by atoms with Crippen LogP contribution in [0.25, 0.3) is 10.8 Å². The molecular weight excluding hydrogens is 342 g/mol. The van der Waals surface area contributed by atoms with Crippen LogP contribution in [0.1, 0.15) is 23.1 Å². The Morgan fingerprint density at radius 2 is 1.88 bits per heavy atom. The van der Waals surface area contributed by atoms with E-state index in [0.717, 1.165) is 0 Å². The number of halogens is 1. The van der Waals surface area contributed by atoms with Crippen LogP contribution in [0.2, 0.25) is 0 Å². The molecule has 0 spiro atoms. The number of pyridine rings is 1. The molecule has 1 N–H and O–H groups in total. The fraction of sp³-hybridized carbons (Fsp3) is 0.158. The van der Waals surface area contributed by atoms with Gasteiger partial charge in [-0.15, -0.1) is 11.6 Å². The third-order valence-electron chi connectivity index (χ3n) is 3.60. The summed E-state index contributed by atoms with van der Waals surface area (Å²) in [5.41, 5.74) is 0.331. The molecule has 0 bridgehead atoms. The van der Waals surface area contributed by atoms with E-state index in [2.05, 4.69) is 4.98 Å². The molecule has 0 saturated carbocycles. The molecule has 2 aromatic carbocycles. The van der Waals surface area contributed by atoms with Crippen molar-refractivity contribution in [2.75, 3.05) is 6.61 Å². The van der Waals surface area contributed by atoms with Crippen LogP contribution in [0.5, 0.6) is 17.2 Å². The number of aromatic nitrogens is 1. The van der Waals surface area contributed by atoms with Gasteiger partial charge in [0.2, 0.25) is 0 Å². The van der Waals surface area contributed by atoms with Crippen LogP contribution in [0.4, 0.5) is 0 Å². The third-order valence-corrected chi connectivity index (χ3v) is 3.86. The smallest absolute Gasteiger partial charge is 0.360 e. The Bertz CT molecular complexity index is 912. The van der Waals surface area contributed by atoms with E-state index in [-0.39, 0.29) is 23.9 Å². The summed E-state index contributed by atoms with van der Waals surface area (Å²) in [6.45, 7) is 1.88. The van der Waals surface area contributed by atoms with E-state index in [4.69, 9.17) is 21.1 Å². The largest absolute Gasteiger partial charge is 0.505 e. The average molecular weight is 358 g/mol. The Hall–Kier alpha value is -2.79. The Labute approximate surface area is 149 Å². The minimum atomic E-state index is -0.683. The monoisotopic (exact) mass is 357 g/mol. The third kappa shape index (κ3) is 3.51. The first-order valence-electron chi connectivity index (χ1n) is 7.75. The van der Waals surface area contributed by atoms with E-state index in [1.807, 2.05) is 30.3 Å². The maximum absolute atomic E-state index is 12.0. The van der Waals surface area contributed by atoms with Crippen LogP contribution in [0, 0.1) is 0 Å². The van der Waals surface area contributed by atoms with Crippen LogP contribution in [-0.4, -0.2) is 22.7 Å². The zero-order chi connectivity index (χ0) is 17.8. The van der Waals surface area contributed by atoms with Crippen molar-refractivity contribution in [3.8, 4) is 17.2 Å². The number of ether oxygens (including phenoxy) is 2. The van der Waals surface area contributed by atoms with E-state index in [9.17, 15) is 9.90 Å². The van der Waals surface area contributed by atoms with Gasteiger partial charge in [-0.25, -0.2) is 9.78 Å². The predicted octanol–water partition coefficient (Wildman–Crippen LogP) is 4.65. The van der Waals surface area contributed by atoms with Crippen molar-refractivity contribution in [2.45, 2.75) is 12.8 Å². The SMILES string of the molecule is CCOC(=O)c1nc(CCl)c2cc(Oc3ccccc3)ccc2c1O. The van der Waals surface area contributed by atoms with E-state index in [1.54, 1.807) is 25.1 Å². The highest BCUT2D eigenvalue weighted by molar-refractivity contribution is 6.18. The second-order valence-corrected chi connectivity index (χ2v) is 5.50. The molecule has 1 heterocycles. The highest BCUT2D eigenvalue weighted by Gasteiger charge is 2.20. The van der Waals surface area contributed by atoms with E-state index in [1.165, 1.54) is 0 Å². The van der Waals surface area contributed by atoms with Gasteiger partial charge in [0.05, 0.1) is 18.2 Å². The molecule has 5 nitrogen and oxygen atoms in total.